The van der Waals surface area contributed by atoms with E-state index >= 15 is 0 Å². The molecule has 98 valence electrons. The molecule has 0 spiro atoms. The molecule has 1 nitrogen and oxygen atoms in total. The molecule has 0 aliphatic heterocycles. The van der Waals surface area contributed by atoms with E-state index in [2.05, 4.69) is 4.90 Å². The third kappa shape index (κ3) is 4.96. The summed E-state index contributed by atoms with van der Waals surface area (Å²) >= 11 is 0. The maximum Gasteiger partial charge on any atom is 0.416 e. The van der Waals surface area contributed by atoms with E-state index in [-0.39, 0.29) is 12.4 Å². The van der Waals surface area contributed by atoms with Crippen molar-refractivity contribution < 1.29 is 13.2 Å². The molecule has 0 heterocycles. The maximum atomic E-state index is 12.5. The lowest BCUT2D eigenvalue weighted by Crippen LogP contribution is -2.22. The Bertz CT molecular complexity index is 335. The molecule has 0 saturated heterocycles. The number of rotatable bonds is 4. The first-order valence-electron chi connectivity index (χ1n) is 5.35. The molecule has 0 amide bonds. The zero-order chi connectivity index (χ0) is 12.2. The van der Waals surface area contributed by atoms with Gasteiger partial charge in [-0.2, -0.15) is 13.2 Å². The zero-order valence-corrected chi connectivity index (χ0v) is 10.7. The van der Waals surface area contributed by atoms with E-state index in [1.54, 1.807) is 6.07 Å². The lowest BCUT2D eigenvalue weighted by atomic mass is 10.1. The Kier molecular flexibility index (Phi) is 6.57. The summed E-state index contributed by atoms with van der Waals surface area (Å²) in [5, 5.41) is 0. The van der Waals surface area contributed by atoms with Crippen molar-refractivity contribution in [1.29, 1.82) is 0 Å². The average molecular weight is 268 g/mol. The zero-order valence-electron chi connectivity index (χ0n) is 9.92. The maximum absolute atomic E-state index is 12.5. The fourth-order valence-electron chi connectivity index (χ4n) is 1.55. The first-order valence-corrected chi connectivity index (χ1v) is 5.35. The molecule has 0 aliphatic rings. The van der Waals surface area contributed by atoms with Crippen molar-refractivity contribution >= 4 is 12.4 Å². The molecule has 0 atom stereocenters. The molecule has 1 aromatic rings. The lowest BCUT2D eigenvalue weighted by molar-refractivity contribution is -0.137. The van der Waals surface area contributed by atoms with E-state index in [0.717, 1.165) is 19.2 Å². The van der Waals surface area contributed by atoms with Crippen LogP contribution in [-0.2, 0) is 12.7 Å². The number of halogens is 4. The van der Waals surface area contributed by atoms with Crippen LogP contribution in [0, 0.1) is 0 Å². The van der Waals surface area contributed by atoms with Crippen LogP contribution in [0.15, 0.2) is 24.3 Å². The predicted molar refractivity (Wildman–Crippen MR) is 65.3 cm³/mol. The van der Waals surface area contributed by atoms with Gasteiger partial charge in [0.05, 0.1) is 5.56 Å². The van der Waals surface area contributed by atoms with Crippen LogP contribution in [-0.4, -0.2) is 18.0 Å². The van der Waals surface area contributed by atoms with Gasteiger partial charge in [0.2, 0.25) is 0 Å². The summed E-state index contributed by atoms with van der Waals surface area (Å²) in [4.78, 5) is 2.08. The number of hydrogen-bond acceptors (Lipinski definition) is 1. The summed E-state index contributed by atoms with van der Waals surface area (Å²) in [5.74, 6) is 0. The van der Waals surface area contributed by atoms with Crippen molar-refractivity contribution in [2.75, 3.05) is 13.1 Å². The van der Waals surface area contributed by atoms with Gasteiger partial charge in [0.25, 0.3) is 0 Å². The first-order chi connectivity index (χ1) is 7.47. The van der Waals surface area contributed by atoms with Gasteiger partial charge in [-0.25, -0.2) is 0 Å². The Morgan fingerprint density at radius 1 is 1.12 bits per heavy atom. The van der Waals surface area contributed by atoms with Crippen LogP contribution in [0.3, 0.4) is 0 Å². The molecule has 0 aliphatic carbocycles. The molecule has 0 fully saturated rings. The minimum Gasteiger partial charge on any atom is -0.300 e. The molecule has 17 heavy (non-hydrogen) atoms. The van der Waals surface area contributed by atoms with Gasteiger partial charge in [-0.15, -0.1) is 12.4 Å². The highest BCUT2D eigenvalue weighted by Crippen LogP contribution is 2.29. The van der Waals surface area contributed by atoms with E-state index in [1.807, 2.05) is 13.8 Å². The van der Waals surface area contributed by atoms with Crippen molar-refractivity contribution in [2.24, 2.45) is 0 Å². The monoisotopic (exact) mass is 267 g/mol. The minimum absolute atomic E-state index is 0. The van der Waals surface area contributed by atoms with Gasteiger partial charge >= 0.3 is 6.18 Å². The third-order valence-electron chi connectivity index (χ3n) is 2.55. The Hall–Kier alpha value is -0.740. The smallest absolute Gasteiger partial charge is 0.300 e. The quantitative estimate of drug-likeness (QED) is 0.798. The molecule has 0 saturated carbocycles. The molecular weight excluding hydrogens is 251 g/mol. The molecule has 0 bridgehead atoms. The summed E-state index contributed by atoms with van der Waals surface area (Å²) < 4.78 is 37.4. The van der Waals surface area contributed by atoms with Crippen LogP contribution in [0.4, 0.5) is 13.2 Å². The van der Waals surface area contributed by atoms with Gasteiger partial charge in [-0.3, -0.25) is 4.90 Å². The van der Waals surface area contributed by atoms with E-state index in [4.69, 9.17) is 0 Å². The lowest BCUT2D eigenvalue weighted by Gasteiger charge is -2.18. The fraction of sp³-hybridized carbons (Fsp3) is 0.500. The molecule has 1 rings (SSSR count). The van der Waals surface area contributed by atoms with E-state index in [9.17, 15) is 13.2 Å². The standard InChI is InChI=1S/C12H16F3N.ClH/c1-3-16(4-2)9-10-6-5-7-11(8-10)12(13,14)15;/h5-8H,3-4,9H2,1-2H3;1H. The molecule has 0 N–H and O–H groups in total. The van der Waals surface area contributed by atoms with Crippen molar-refractivity contribution in [2.45, 2.75) is 26.6 Å². The Balaban J connectivity index is 0.00000256. The van der Waals surface area contributed by atoms with Crippen molar-refractivity contribution in [3.8, 4) is 0 Å². The second-order valence-corrected chi connectivity index (χ2v) is 3.66. The number of hydrogen-bond donors (Lipinski definition) is 0. The van der Waals surface area contributed by atoms with E-state index < -0.39 is 11.7 Å². The van der Waals surface area contributed by atoms with Gasteiger partial charge in [-0.05, 0) is 24.7 Å². The van der Waals surface area contributed by atoms with Crippen molar-refractivity contribution in [3.63, 3.8) is 0 Å². The van der Waals surface area contributed by atoms with Crippen LogP contribution in [0.25, 0.3) is 0 Å². The summed E-state index contributed by atoms with van der Waals surface area (Å²) in [5.41, 5.74) is 0.135. The summed E-state index contributed by atoms with van der Waals surface area (Å²) in [6, 6.07) is 5.51. The van der Waals surface area contributed by atoms with E-state index in [0.29, 0.717) is 12.1 Å². The molecular formula is C12H17ClF3N. The second kappa shape index (κ2) is 6.87. The summed E-state index contributed by atoms with van der Waals surface area (Å²) in [6.45, 7) is 6.24. The van der Waals surface area contributed by atoms with E-state index in [1.165, 1.54) is 12.1 Å². The molecule has 0 radical (unpaired) electrons. The van der Waals surface area contributed by atoms with Gasteiger partial charge in [-0.1, -0.05) is 32.0 Å². The Labute approximate surface area is 106 Å². The average Bonchev–Trinajstić information content (AvgIpc) is 2.25. The van der Waals surface area contributed by atoms with Gasteiger partial charge in [0.1, 0.15) is 0 Å². The normalized spacial score (nSPS) is 11.4. The second-order valence-electron chi connectivity index (χ2n) is 3.66. The fourth-order valence-corrected chi connectivity index (χ4v) is 1.55. The van der Waals surface area contributed by atoms with Crippen molar-refractivity contribution in [1.82, 2.24) is 4.90 Å². The predicted octanol–water partition coefficient (Wildman–Crippen LogP) is 3.97. The topological polar surface area (TPSA) is 3.24 Å². The van der Waals surface area contributed by atoms with Crippen LogP contribution in [0.2, 0.25) is 0 Å². The van der Waals surface area contributed by atoms with Crippen LogP contribution < -0.4 is 0 Å². The summed E-state index contributed by atoms with van der Waals surface area (Å²) in [6.07, 6.45) is -4.25. The molecule has 0 aromatic heterocycles. The van der Waals surface area contributed by atoms with Crippen LogP contribution in [0.1, 0.15) is 25.0 Å². The summed E-state index contributed by atoms with van der Waals surface area (Å²) in [7, 11) is 0. The third-order valence-corrected chi connectivity index (χ3v) is 2.55. The number of nitrogens with zero attached hydrogens (tertiary/aromatic N) is 1. The first kappa shape index (κ1) is 16.3. The van der Waals surface area contributed by atoms with Gasteiger partial charge in [0, 0.05) is 6.54 Å². The Morgan fingerprint density at radius 3 is 2.18 bits per heavy atom. The molecule has 0 unspecified atom stereocenters. The largest absolute Gasteiger partial charge is 0.416 e. The SMILES string of the molecule is CCN(CC)Cc1cccc(C(F)(F)F)c1.Cl. The van der Waals surface area contributed by atoms with Crippen molar-refractivity contribution in [3.05, 3.63) is 35.4 Å². The number of alkyl halides is 3. The highest BCUT2D eigenvalue weighted by atomic mass is 35.5. The van der Waals surface area contributed by atoms with Crippen LogP contribution >= 0.6 is 12.4 Å². The minimum atomic E-state index is -4.25. The highest BCUT2D eigenvalue weighted by Gasteiger charge is 2.30. The molecule has 5 heteroatoms. The van der Waals surface area contributed by atoms with Crippen LogP contribution in [0.5, 0.6) is 0 Å². The van der Waals surface area contributed by atoms with Gasteiger partial charge in [0.15, 0.2) is 0 Å². The number of benzene rings is 1. The Morgan fingerprint density at radius 2 is 1.71 bits per heavy atom. The molecule has 1 aromatic carbocycles. The van der Waals surface area contributed by atoms with Gasteiger partial charge < -0.3 is 0 Å². The highest BCUT2D eigenvalue weighted by molar-refractivity contribution is 5.85.